The molecule has 228 valence electrons. The van der Waals surface area contributed by atoms with Gasteiger partial charge in [0.2, 0.25) is 5.43 Å². The lowest BCUT2D eigenvalue weighted by Gasteiger charge is -2.25. The van der Waals surface area contributed by atoms with Crippen LogP contribution >= 0.6 is 0 Å². The van der Waals surface area contributed by atoms with Crippen LogP contribution in [0.15, 0.2) is 87.1 Å². The number of amides is 1. The molecule has 10 nitrogen and oxygen atoms in total. The second kappa shape index (κ2) is 11.5. The van der Waals surface area contributed by atoms with Crippen LogP contribution in [0.25, 0.3) is 33.2 Å². The van der Waals surface area contributed by atoms with Crippen LogP contribution in [0, 0.1) is 0 Å². The second-order valence-corrected chi connectivity index (χ2v) is 12.0. The number of imidazole rings is 1. The maximum absolute atomic E-state index is 13.6. The third-order valence-corrected chi connectivity index (χ3v) is 9.17. The van der Waals surface area contributed by atoms with E-state index in [0.717, 1.165) is 66.3 Å². The molecule has 3 aliphatic heterocycles. The number of fused-ring (bicyclic) bond motifs is 2. The molecule has 5 aromatic rings. The topological polar surface area (TPSA) is 125 Å². The van der Waals surface area contributed by atoms with Gasteiger partial charge >= 0.3 is 6.09 Å². The number of H-pyrrole nitrogens is 1. The van der Waals surface area contributed by atoms with Gasteiger partial charge in [0, 0.05) is 12.1 Å². The van der Waals surface area contributed by atoms with Gasteiger partial charge in [-0.1, -0.05) is 42.5 Å². The molecule has 2 fully saturated rings. The molecular formula is C35H34N6O4. The average Bonchev–Trinajstić information content (AvgIpc) is 3.91. The van der Waals surface area contributed by atoms with Crippen LogP contribution < -0.4 is 16.1 Å². The summed E-state index contributed by atoms with van der Waals surface area (Å²) in [4.78, 5) is 41.2. The Morgan fingerprint density at radius 2 is 1.89 bits per heavy atom. The molecule has 1 amide bonds. The van der Waals surface area contributed by atoms with Crippen molar-refractivity contribution in [3.8, 4) is 11.3 Å². The molecule has 0 aliphatic carbocycles. The molecular weight excluding hydrogens is 568 g/mol. The lowest BCUT2D eigenvalue weighted by molar-refractivity contribution is 0.0990. The van der Waals surface area contributed by atoms with Crippen molar-refractivity contribution in [3.05, 3.63) is 100 Å². The fourth-order valence-corrected chi connectivity index (χ4v) is 6.76. The molecule has 2 aromatic heterocycles. The van der Waals surface area contributed by atoms with Crippen molar-refractivity contribution in [2.45, 2.75) is 50.4 Å². The molecule has 45 heavy (non-hydrogen) atoms. The standard InChI is InChI=1S/C35H34N6O4/c42-32-24-12-10-23(28-18-37-33(39-28)26-8-4-14-36-26)17-31(24)45-30-13-11-22(16-25(30)32)27-19-38-34(40-27)29-9-5-15-41(29)35(43)44-20-21-6-2-1-3-7-21/h1-3,6-7,10-13,16-18,26-27,29,36H,4-5,8-9,14-15,19-20H2,(H,37,39)(H,38,40)/t26-,27?,29-/m0/s1. The van der Waals surface area contributed by atoms with Crippen LogP contribution in [0.4, 0.5) is 4.79 Å². The van der Waals surface area contributed by atoms with Crippen LogP contribution in [0.1, 0.15) is 54.7 Å². The monoisotopic (exact) mass is 602 g/mol. The van der Waals surface area contributed by atoms with E-state index in [1.54, 1.807) is 4.90 Å². The van der Waals surface area contributed by atoms with E-state index in [-0.39, 0.29) is 36.3 Å². The Morgan fingerprint density at radius 1 is 0.978 bits per heavy atom. The highest BCUT2D eigenvalue weighted by molar-refractivity contribution is 5.94. The Kier molecular flexibility index (Phi) is 7.06. The normalized spacial score (nSPS) is 21.4. The minimum absolute atomic E-state index is 0.0672. The van der Waals surface area contributed by atoms with E-state index in [1.165, 1.54) is 0 Å². The first-order valence-corrected chi connectivity index (χ1v) is 15.7. The molecule has 10 heteroatoms. The number of carbonyl (C=O) groups excluding carboxylic acids is 1. The van der Waals surface area contributed by atoms with Crippen LogP contribution in [0.5, 0.6) is 0 Å². The molecule has 5 heterocycles. The maximum Gasteiger partial charge on any atom is 0.410 e. The Bertz CT molecular complexity index is 1980. The van der Waals surface area contributed by atoms with Crippen LogP contribution in [-0.4, -0.2) is 52.5 Å². The number of rotatable bonds is 6. The third kappa shape index (κ3) is 5.25. The van der Waals surface area contributed by atoms with Crippen molar-refractivity contribution in [3.63, 3.8) is 0 Å². The molecule has 0 saturated carbocycles. The Balaban J connectivity index is 0.986. The van der Waals surface area contributed by atoms with Crippen molar-refractivity contribution in [1.29, 1.82) is 0 Å². The quantitative estimate of drug-likeness (QED) is 0.216. The number of hydrogen-bond acceptors (Lipinski definition) is 8. The van der Waals surface area contributed by atoms with E-state index in [9.17, 15) is 9.59 Å². The zero-order chi connectivity index (χ0) is 30.3. The molecule has 8 rings (SSSR count). The summed E-state index contributed by atoms with van der Waals surface area (Å²) in [5.41, 5.74) is 4.73. The zero-order valence-electron chi connectivity index (χ0n) is 24.8. The lowest BCUT2D eigenvalue weighted by atomic mass is 10.0. The largest absolute Gasteiger partial charge is 0.456 e. The number of amidine groups is 1. The second-order valence-electron chi connectivity index (χ2n) is 12.0. The highest BCUT2D eigenvalue weighted by Crippen LogP contribution is 2.30. The van der Waals surface area contributed by atoms with E-state index in [1.807, 2.05) is 72.9 Å². The molecule has 3 atom stereocenters. The highest BCUT2D eigenvalue weighted by atomic mass is 16.6. The average molecular weight is 603 g/mol. The first kappa shape index (κ1) is 27.6. The Hall–Kier alpha value is -4.96. The molecule has 3 aliphatic rings. The van der Waals surface area contributed by atoms with Crippen molar-refractivity contribution in [1.82, 2.24) is 25.5 Å². The third-order valence-electron chi connectivity index (χ3n) is 9.17. The van der Waals surface area contributed by atoms with Crippen molar-refractivity contribution >= 4 is 33.9 Å². The summed E-state index contributed by atoms with van der Waals surface area (Å²) in [5.74, 6) is 1.73. The lowest BCUT2D eigenvalue weighted by Crippen LogP contribution is -2.45. The van der Waals surface area contributed by atoms with Gasteiger partial charge in [-0.25, -0.2) is 9.78 Å². The summed E-state index contributed by atoms with van der Waals surface area (Å²) in [7, 11) is 0. The summed E-state index contributed by atoms with van der Waals surface area (Å²) in [6.07, 6.45) is 5.44. The molecule has 3 N–H and O–H groups in total. The fraction of sp³-hybridized carbons (Fsp3) is 0.314. The predicted molar refractivity (Wildman–Crippen MR) is 172 cm³/mol. The van der Waals surface area contributed by atoms with Crippen LogP contribution in [-0.2, 0) is 11.3 Å². The Labute approximate surface area is 259 Å². The fourth-order valence-electron chi connectivity index (χ4n) is 6.76. The predicted octanol–water partition coefficient (Wildman–Crippen LogP) is 5.60. The SMILES string of the molecule is O=C(OCc1ccccc1)N1CCC[C@H]1C1=NCC(c2ccc3oc4cc(-c5cnc([C@@H]6CCCN6)[nH]5)ccc4c(=O)c3c2)N1. The molecule has 0 spiro atoms. The number of aromatic amines is 1. The summed E-state index contributed by atoms with van der Waals surface area (Å²) >= 11 is 0. The molecule has 2 saturated heterocycles. The number of ether oxygens (including phenoxy) is 1. The van der Waals surface area contributed by atoms with Gasteiger partial charge in [0.1, 0.15) is 29.4 Å². The number of aliphatic imine (C=N–C) groups is 1. The van der Waals surface area contributed by atoms with Gasteiger partial charge in [-0.05, 0) is 67.6 Å². The summed E-state index contributed by atoms with van der Waals surface area (Å²) in [6.45, 7) is 2.40. The minimum atomic E-state index is -0.327. The molecule has 0 bridgehead atoms. The van der Waals surface area contributed by atoms with Gasteiger partial charge in [0.15, 0.2) is 0 Å². The van der Waals surface area contributed by atoms with Crippen molar-refractivity contribution < 1.29 is 13.9 Å². The van der Waals surface area contributed by atoms with Gasteiger partial charge in [-0.15, -0.1) is 0 Å². The summed E-state index contributed by atoms with van der Waals surface area (Å²) in [6, 6.07) is 21.1. The number of nitrogens with one attached hydrogen (secondary N) is 3. The number of benzene rings is 3. The first-order valence-electron chi connectivity index (χ1n) is 15.7. The number of likely N-dealkylation sites (tertiary alicyclic amines) is 1. The van der Waals surface area contributed by atoms with E-state index < -0.39 is 0 Å². The zero-order valence-corrected chi connectivity index (χ0v) is 24.8. The van der Waals surface area contributed by atoms with Crippen molar-refractivity contribution in [2.24, 2.45) is 4.99 Å². The number of carbonyl (C=O) groups is 1. The van der Waals surface area contributed by atoms with E-state index >= 15 is 0 Å². The van der Waals surface area contributed by atoms with Gasteiger partial charge in [-0.2, -0.15) is 0 Å². The van der Waals surface area contributed by atoms with Gasteiger partial charge < -0.3 is 24.8 Å². The number of aromatic nitrogens is 2. The van der Waals surface area contributed by atoms with Crippen LogP contribution in [0.2, 0.25) is 0 Å². The van der Waals surface area contributed by atoms with E-state index in [2.05, 4.69) is 20.6 Å². The van der Waals surface area contributed by atoms with Crippen molar-refractivity contribution in [2.75, 3.05) is 19.6 Å². The van der Waals surface area contributed by atoms with Gasteiger partial charge in [0.05, 0.1) is 47.3 Å². The Morgan fingerprint density at radius 3 is 2.76 bits per heavy atom. The van der Waals surface area contributed by atoms with Crippen LogP contribution in [0.3, 0.4) is 0 Å². The van der Waals surface area contributed by atoms with Gasteiger partial charge in [-0.3, -0.25) is 14.7 Å². The highest BCUT2D eigenvalue weighted by Gasteiger charge is 2.36. The number of hydrogen-bond donors (Lipinski definition) is 3. The van der Waals surface area contributed by atoms with E-state index in [0.29, 0.717) is 35.0 Å². The first-order chi connectivity index (χ1) is 22.1. The minimum Gasteiger partial charge on any atom is -0.456 e. The van der Waals surface area contributed by atoms with E-state index in [4.69, 9.17) is 14.1 Å². The van der Waals surface area contributed by atoms with Gasteiger partial charge in [0.25, 0.3) is 0 Å². The number of nitrogens with zero attached hydrogens (tertiary/aromatic N) is 3. The maximum atomic E-state index is 13.6. The molecule has 3 aromatic carbocycles. The summed E-state index contributed by atoms with van der Waals surface area (Å²) < 4.78 is 11.9. The molecule has 0 radical (unpaired) electrons. The molecule has 1 unspecified atom stereocenters. The smallest absolute Gasteiger partial charge is 0.410 e. The summed E-state index contributed by atoms with van der Waals surface area (Å²) in [5, 5.41) is 8.07.